The Morgan fingerprint density at radius 3 is 2.33 bits per heavy atom. The maximum absolute atomic E-state index is 13.0. The predicted molar refractivity (Wildman–Crippen MR) is 146 cm³/mol. The first-order valence-corrected chi connectivity index (χ1v) is 14.2. The average Bonchev–Trinajstić information content (AvgIpc) is 2.87. The molecule has 0 spiro atoms. The van der Waals surface area contributed by atoms with Crippen molar-refractivity contribution in [2.24, 2.45) is 0 Å². The summed E-state index contributed by atoms with van der Waals surface area (Å²) in [6.45, 7) is 0.545. The van der Waals surface area contributed by atoms with Gasteiger partial charge < -0.3 is 10.2 Å². The largest absolute Gasteiger partial charge is 0.433 e. The van der Waals surface area contributed by atoms with Gasteiger partial charge in [-0.15, -0.1) is 0 Å². The minimum Gasteiger partial charge on any atom is -0.348 e. The van der Waals surface area contributed by atoms with Crippen LogP contribution in [0.3, 0.4) is 0 Å². The van der Waals surface area contributed by atoms with Gasteiger partial charge in [-0.25, -0.2) is 13.1 Å². The molecule has 39 heavy (non-hydrogen) atoms. The normalized spacial score (nSPS) is 12.1. The van der Waals surface area contributed by atoms with Crippen LogP contribution in [0.15, 0.2) is 54.7 Å². The number of pyridine rings is 1. The molecule has 2 N–H and O–H groups in total. The molecule has 7 nitrogen and oxygen atoms in total. The fourth-order valence-corrected chi connectivity index (χ4v) is 5.20. The second kappa shape index (κ2) is 13.1. The standard InChI is InChI=1S/C26H27Cl2F3N4O3S/c1-35(2)12-5-13-39(37,38)34-16-18-9-10-20(24(28)23(18)27)19-6-3-4-7-21(19)25(36)33-15-17-8-11-22(32-14-17)26(29,30)31/h3-4,6-11,14,34H,5,12-13,15-16H2,1-2H3,(H,33,36). The fourth-order valence-electron chi connectivity index (χ4n) is 3.65. The smallest absolute Gasteiger partial charge is 0.348 e. The SMILES string of the molecule is CN(C)CCCS(=O)(=O)NCc1ccc(-c2ccccc2C(=O)NCc2ccc(C(F)(F)F)nc2)c(Cl)c1Cl. The van der Waals surface area contributed by atoms with E-state index in [1.165, 1.54) is 6.07 Å². The zero-order chi connectivity index (χ0) is 28.8. The minimum absolute atomic E-state index is 0.0281. The van der Waals surface area contributed by atoms with Crippen molar-refractivity contribution in [3.8, 4) is 11.1 Å². The molecule has 3 aromatic rings. The summed E-state index contributed by atoms with van der Waals surface area (Å²) in [4.78, 5) is 18.3. The lowest BCUT2D eigenvalue weighted by Gasteiger charge is -2.15. The predicted octanol–water partition coefficient (Wildman–Crippen LogP) is 5.38. The fraction of sp³-hybridized carbons (Fsp3) is 0.308. The molecule has 0 bridgehead atoms. The number of carbonyl (C=O) groups is 1. The van der Waals surface area contributed by atoms with Gasteiger partial charge in [0.1, 0.15) is 5.69 Å². The van der Waals surface area contributed by atoms with Crippen molar-refractivity contribution < 1.29 is 26.4 Å². The number of benzene rings is 2. The van der Waals surface area contributed by atoms with Crippen molar-refractivity contribution in [1.29, 1.82) is 0 Å². The van der Waals surface area contributed by atoms with Crippen molar-refractivity contribution in [3.05, 3.63) is 87.2 Å². The summed E-state index contributed by atoms with van der Waals surface area (Å²) in [5.74, 6) is -0.508. The van der Waals surface area contributed by atoms with Gasteiger partial charge in [-0.2, -0.15) is 13.2 Å². The second-order valence-corrected chi connectivity index (χ2v) is 11.7. The quantitative estimate of drug-likeness (QED) is 0.308. The summed E-state index contributed by atoms with van der Waals surface area (Å²) in [5, 5.41) is 2.97. The molecule has 0 atom stereocenters. The summed E-state index contributed by atoms with van der Waals surface area (Å²) in [5.41, 5.74) is 1.05. The molecule has 0 aliphatic rings. The van der Waals surface area contributed by atoms with E-state index in [-0.39, 0.29) is 34.5 Å². The average molecular weight is 603 g/mol. The maximum Gasteiger partial charge on any atom is 0.433 e. The topological polar surface area (TPSA) is 91.4 Å². The number of nitrogens with zero attached hydrogens (tertiary/aromatic N) is 2. The summed E-state index contributed by atoms with van der Waals surface area (Å²) >= 11 is 13.0. The van der Waals surface area contributed by atoms with Gasteiger partial charge in [-0.3, -0.25) is 9.78 Å². The Hall–Kier alpha value is -2.70. The number of hydrogen-bond acceptors (Lipinski definition) is 5. The van der Waals surface area contributed by atoms with E-state index < -0.39 is 27.8 Å². The first-order valence-electron chi connectivity index (χ1n) is 11.8. The Morgan fingerprint density at radius 1 is 0.974 bits per heavy atom. The second-order valence-electron chi connectivity index (χ2n) is 8.97. The van der Waals surface area contributed by atoms with Crippen LogP contribution in [0, 0.1) is 0 Å². The molecule has 13 heteroatoms. The van der Waals surface area contributed by atoms with Gasteiger partial charge in [0.15, 0.2) is 0 Å². The molecule has 0 saturated carbocycles. The highest BCUT2D eigenvalue weighted by Crippen LogP contribution is 2.37. The first kappa shape index (κ1) is 30.8. The van der Waals surface area contributed by atoms with Gasteiger partial charge in [0.25, 0.3) is 5.91 Å². The third-order valence-electron chi connectivity index (χ3n) is 5.69. The Labute approximate surface area is 235 Å². The Kier molecular flexibility index (Phi) is 10.4. The highest BCUT2D eigenvalue weighted by molar-refractivity contribution is 7.89. The molecule has 1 amide bonds. The molecule has 0 saturated heterocycles. The maximum atomic E-state index is 13.0. The highest BCUT2D eigenvalue weighted by Gasteiger charge is 2.32. The Balaban J connectivity index is 1.73. The van der Waals surface area contributed by atoms with Crippen LogP contribution >= 0.6 is 23.2 Å². The van der Waals surface area contributed by atoms with Crippen molar-refractivity contribution >= 4 is 39.1 Å². The molecule has 0 unspecified atom stereocenters. The van der Waals surface area contributed by atoms with Crippen LogP contribution in [0.4, 0.5) is 13.2 Å². The lowest BCUT2D eigenvalue weighted by Crippen LogP contribution is -2.28. The molecule has 0 fully saturated rings. The van der Waals surface area contributed by atoms with Gasteiger partial charge in [0.05, 0.1) is 15.8 Å². The van der Waals surface area contributed by atoms with Gasteiger partial charge in [0.2, 0.25) is 10.0 Å². The molecule has 0 aliphatic heterocycles. The highest BCUT2D eigenvalue weighted by atomic mass is 35.5. The molecular weight excluding hydrogens is 576 g/mol. The van der Waals surface area contributed by atoms with Gasteiger partial charge in [0, 0.05) is 30.4 Å². The number of alkyl halides is 3. The van der Waals surface area contributed by atoms with Crippen molar-refractivity contribution in [1.82, 2.24) is 19.9 Å². The minimum atomic E-state index is -4.55. The van der Waals surface area contributed by atoms with Crippen LogP contribution in [0.1, 0.15) is 33.6 Å². The number of carbonyl (C=O) groups excluding carboxylic acids is 1. The van der Waals surface area contributed by atoms with Crippen LogP contribution < -0.4 is 10.0 Å². The van der Waals surface area contributed by atoms with E-state index in [0.29, 0.717) is 35.2 Å². The number of sulfonamides is 1. The molecule has 2 aromatic carbocycles. The van der Waals surface area contributed by atoms with Crippen molar-refractivity contribution in [2.75, 3.05) is 26.4 Å². The number of aromatic nitrogens is 1. The summed E-state index contributed by atoms with van der Waals surface area (Å²) < 4.78 is 65.3. The number of rotatable bonds is 11. The van der Waals surface area contributed by atoms with Crippen molar-refractivity contribution in [3.63, 3.8) is 0 Å². The van der Waals surface area contributed by atoms with Crippen LogP contribution in [0.5, 0.6) is 0 Å². The number of amides is 1. The van der Waals surface area contributed by atoms with Crippen LogP contribution in [-0.4, -0.2) is 50.6 Å². The van der Waals surface area contributed by atoms with Crippen LogP contribution in [-0.2, 0) is 29.3 Å². The first-order chi connectivity index (χ1) is 18.3. The van der Waals surface area contributed by atoms with Crippen LogP contribution in [0.2, 0.25) is 10.0 Å². The Bertz CT molecular complexity index is 1420. The van der Waals surface area contributed by atoms with Crippen LogP contribution in [0.25, 0.3) is 11.1 Å². The number of halogens is 5. The molecule has 0 aliphatic carbocycles. The van der Waals surface area contributed by atoms with E-state index in [1.54, 1.807) is 36.4 Å². The van der Waals surface area contributed by atoms with Gasteiger partial charge >= 0.3 is 6.18 Å². The molecule has 0 radical (unpaired) electrons. The van der Waals surface area contributed by atoms with E-state index >= 15 is 0 Å². The molecule has 1 heterocycles. The van der Waals surface area contributed by atoms with E-state index in [1.807, 2.05) is 19.0 Å². The summed E-state index contributed by atoms with van der Waals surface area (Å²) in [6, 6.07) is 12.0. The third-order valence-corrected chi connectivity index (χ3v) is 8.02. The zero-order valence-corrected chi connectivity index (χ0v) is 23.5. The molecule has 3 rings (SSSR count). The molecule has 1 aromatic heterocycles. The lowest BCUT2D eigenvalue weighted by molar-refractivity contribution is -0.141. The van der Waals surface area contributed by atoms with E-state index in [0.717, 1.165) is 12.3 Å². The Morgan fingerprint density at radius 2 is 1.69 bits per heavy atom. The monoisotopic (exact) mass is 602 g/mol. The molecular formula is C26H27Cl2F3N4O3S. The van der Waals surface area contributed by atoms with E-state index in [4.69, 9.17) is 23.2 Å². The lowest BCUT2D eigenvalue weighted by atomic mass is 9.98. The summed E-state index contributed by atoms with van der Waals surface area (Å²) in [7, 11) is 0.210. The summed E-state index contributed by atoms with van der Waals surface area (Å²) in [6.07, 6.45) is -3.02. The van der Waals surface area contributed by atoms with Gasteiger partial charge in [-0.05, 0) is 55.9 Å². The van der Waals surface area contributed by atoms with Crippen molar-refractivity contribution in [2.45, 2.75) is 25.7 Å². The van der Waals surface area contributed by atoms with E-state index in [2.05, 4.69) is 15.0 Å². The zero-order valence-electron chi connectivity index (χ0n) is 21.1. The number of nitrogens with one attached hydrogen (secondary N) is 2. The third kappa shape index (κ3) is 8.64. The molecule has 210 valence electrons. The number of hydrogen-bond donors (Lipinski definition) is 2. The van der Waals surface area contributed by atoms with Gasteiger partial charge in [-0.1, -0.05) is 59.6 Å². The van der Waals surface area contributed by atoms with E-state index in [9.17, 15) is 26.4 Å².